The number of ether oxygens (including phenoxy) is 1. The quantitative estimate of drug-likeness (QED) is 0.444. The topological polar surface area (TPSA) is 26.3 Å². The summed E-state index contributed by atoms with van der Waals surface area (Å²) >= 11 is 0. The second-order valence-corrected chi connectivity index (χ2v) is 7.86. The Hall–Kier alpha value is -0.790. The first-order valence-electron chi connectivity index (χ1n) is 9.27. The van der Waals surface area contributed by atoms with E-state index in [2.05, 4.69) is 27.7 Å². The standard InChI is InChI=1S/C20H36O2/c1-15(2)8-6-9-16(3)10-7-11-17(4)12-13-19-18(5)14-20(21)22-19/h14-17,19H,6-13H2,1-5H3/t16-,17-,19?/m1/s1. The van der Waals surface area contributed by atoms with E-state index >= 15 is 0 Å². The van der Waals surface area contributed by atoms with Crippen LogP contribution in [0, 0.1) is 17.8 Å². The predicted octanol–water partition coefficient (Wildman–Crippen LogP) is 5.91. The molecule has 3 atom stereocenters. The van der Waals surface area contributed by atoms with Gasteiger partial charge >= 0.3 is 5.97 Å². The van der Waals surface area contributed by atoms with E-state index < -0.39 is 0 Å². The smallest absolute Gasteiger partial charge is 0.331 e. The van der Waals surface area contributed by atoms with Crippen molar-refractivity contribution in [3.63, 3.8) is 0 Å². The average Bonchev–Trinajstić information content (AvgIpc) is 2.74. The van der Waals surface area contributed by atoms with Gasteiger partial charge in [-0.2, -0.15) is 0 Å². The van der Waals surface area contributed by atoms with Gasteiger partial charge in [-0.1, -0.05) is 66.2 Å². The Balaban J connectivity index is 2.05. The van der Waals surface area contributed by atoms with Crippen LogP contribution in [0.2, 0.25) is 0 Å². The maximum Gasteiger partial charge on any atom is 0.331 e. The van der Waals surface area contributed by atoms with Crippen LogP contribution in [0.4, 0.5) is 0 Å². The second kappa shape index (κ2) is 10.1. The number of carbonyl (C=O) groups is 1. The van der Waals surface area contributed by atoms with E-state index in [4.69, 9.17) is 4.74 Å². The summed E-state index contributed by atoms with van der Waals surface area (Å²) in [6.45, 7) is 11.4. The minimum atomic E-state index is -0.162. The largest absolute Gasteiger partial charge is 0.455 e. The molecular weight excluding hydrogens is 272 g/mol. The zero-order chi connectivity index (χ0) is 16.5. The minimum Gasteiger partial charge on any atom is -0.455 e. The molecule has 0 aliphatic carbocycles. The third kappa shape index (κ3) is 8.00. The maximum absolute atomic E-state index is 11.2. The van der Waals surface area contributed by atoms with E-state index in [1.165, 1.54) is 38.5 Å². The van der Waals surface area contributed by atoms with E-state index in [9.17, 15) is 4.79 Å². The van der Waals surface area contributed by atoms with Crippen molar-refractivity contribution in [2.24, 2.45) is 17.8 Å². The lowest BCUT2D eigenvalue weighted by Gasteiger charge is -2.17. The number of hydrogen-bond acceptors (Lipinski definition) is 2. The highest BCUT2D eigenvalue weighted by Crippen LogP contribution is 2.25. The van der Waals surface area contributed by atoms with Gasteiger partial charge in [0.15, 0.2) is 0 Å². The fourth-order valence-corrected chi connectivity index (χ4v) is 3.25. The van der Waals surface area contributed by atoms with Gasteiger partial charge < -0.3 is 4.74 Å². The Morgan fingerprint density at radius 2 is 1.50 bits per heavy atom. The molecule has 1 rings (SSSR count). The average molecular weight is 309 g/mol. The monoisotopic (exact) mass is 308 g/mol. The second-order valence-electron chi connectivity index (χ2n) is 7.86. The summed E-state index contributed by atoms with van der Waals surface area (Å²) in [5.74, 6) is 2.28. The number of rotatable bonds is 11. The molecule has 2 nitrogen and oxygen atoms in total. The fraction of sp³-hybridized carbons (Fsp3) is 0.850. The molecule has 0 bridgehead atoms. The lowest BCUT2D eigenvalue weighted by atomic mass is 9.91. The molecule has 2 heteroatoms. The van der Waals surface area contributed by atoms with E-state index in [1.54, 1.807) is 6.08 Å². The summed E-state index contributed by atoms with van der Waals surface area (Å²) in [6, 6.07) is 0. The third-order valence-electron chi connectivity index (χ3n) is 4.91. The molecule has 0 saturated heterocycles. The highest BCUT2D eigenvalue weighted by molar-refractivity contribution is 5.85. The summed E-state index contributed by atoms with van der Waals surface area (Å²) < 4.78 is 5.30. The molecule has 1 aliphatic heterocycles. The van der Waals surface area contributed by atoms with Crippen molar-refractivity contribution in [1.29, 1.82) is 0 Å². The molecule has 0 aromatic carbocycles. The predicted molar refractivity (Wildman–Crippen MR) is 93.7 cm³/mol. The number of cyclic esters (lactones) is 1. The van der Waals surface area contributed by atoms with Crippen molar-refractivity contribution in [3.05, 3.63) is 11.6 Å². The number of carbonyl (C=O) groups excluding carboxylic acids is 1. The van der Waals surface area contributed by atoms with Crippen molar-refractivity contribution in [2.75, 3.05) is 0 Å². The summed E-state index contributed by atoms with van der Waals surface area (Å²) in [7, 11) is 0. The van der Waals surface area contributed by atoms with Gasteiger partial charge in [-0.3, -0.25) is 0 Å². The van der Waals surface area contributed by atoms with Crippen molar-refractivity contribution in [3.8, 4) is 0 Å². The summed E-state index contributed by atoms with van der Waals surface area (Å²) in [5, 5.41) is 0. The van der Waals surface area contributed by atoms with Gasteiger partial charge in [0.2, 0.25) is 0 Å². The van der Waals surface area contributed by atoms with Crippen molar-refractivity contribution >= 4 is 5.97 Å². The lowest BCUT2D eigenvalue weighted by Crippen LogP contribution is -2.12. The molecule has 0 aromatic heterocycles. The van der Waals surface area contributed by atoms with Crippen molar-refractivity contribution < 1.29 is 9.53 Å². The third-order valence-corrected chi connectivity index (χ3v) is 4.91. The van der Waals surface area contributed by atoms with Crippen LogP contribution in [0.25, 0.3) is 0 Å². The molecule has 22 heavy (non-hydrogen) atoms. The van der Waals surface area contributed by atoms with Crippen LogP contribution in [0.3, 0.4) is 0 Å². The molecule has 0 saturated carbocycles. The first kappa shape index (κ1) is 19.3. The van der Waals surface area contributed by atoms with Crippen LogP contribution in [0.15, 0.2) is 11.6 Å². The molecule has 1 heterocycles. The van der Waals surface area contributed by atoms with Gasteiger partial charge in [0, 0.05) is 6.08 Å². The molecule has 1 unspecified atom stereocenters. The van der Waals surface area contributed by atoms with Gasteiger partial charge in [-0.15, -0.1) is 0 Å². The van der Waals surface area contributed by atoms with Gasteiger partial charge in [0.25, 0.3) is 0 Å². The highest BCUT2D eigenvalue weighted by atomic mass is 16.5. The minimum absolute atomic E-state index is 0.0462. The molecule has 1 aliphatic rings. The molecule has 0 radical (unpaired) electrons. The maximum atomic E-state index is 11.2. The first-order valence-corrected chi connectivity index (χ1v) is 9.27. The van der Waals surface area contributed by atoms with Crippen LogP contribution < -0.4 is 0 Å². The molecular formula is C20H36O2. The fourth-order valence-electron chi connectivity index (χ4n) is 3.25. The Labute approximate surface area is 137 Å². The molecule has 0 spiro atoms. The van der Waals surface area contributed by atoms with Crippen LogP contribution in [-0.4, -0.2) is 12.1 Å². The van der Waals surface area contributed by atoms with Gasteiger partial charge in [-0.05, 0) is 43.1 Å². The SMILES string of the molecule is CC1=CC(=O)OC1CC[C@H](C)CCC[C@H](C)CCCC(C)C. The molecule has 0 fully saturated rings. The Morgan fingerprint density at radius 3 is 2.00 bits per heavy atom. The van der Waals surface area contributed by atoms with Gasteiger partial charge in [-0.25, -0.2) is 4.79 Å². The summed E-state index contributed by atoms with van der Waals surface area (Å²) in [6.07, 6.45) is 12.0. The van der Waals surface area contributed by atoms with E-state index in [0.717, 1.165) is 36.2 Å². The van der Waals surface area contributed by atoms with Crippen molar-refractivity contribution in [1.82, 2.24) is 0 Å². The molecule has 0 N–H and O–H groups in total. The normalized spacial score (nSPS) is 20.9. The molecule has 0 aromatic rings. The first-order chi connectivity index (χ1) is 10.4. The van der Waals surface area contributed by atoms with Gasteiger partial charge in [0.1, 0.15) is 6.10 Å². The summed E-state index contributed by atoms with van der Waals surface area (Å²) in [5.41, 5.74) is 1.09. The number of hydrogen-bond donors (Lipinski definition) is 0. The molecule has 128 valence electrons. The lowest BCUT2D eigenvalue weighted by molar-refractivity contribution is -0.139. The van der Waals surface area contributed by atoms with Crippen LogP contribution in [0.5, 0.6) is 0 Å². The highest BCUT2D eigenvalue weighted by Gasteiger charge is 2.22. The zero-order valence-corrected chi connectivity index (χ0v) is 15.4. The van der Waals surface area contributed by atoms with Crippen LogP contribution in [-0.2, 0) is 9.53 Å². The van der Waals surface area contributed by atoms with Crippen LogP contribution >= 0.6 is 0 Å². The van der Waals surface area contributed by atoms with Gasteiger partial charge in [0.05, 0.1) is 0 Å². The Morgan fingerprint density at radius 1 is 0.955 bits per heavy atom. The van der Waals surface area contributed by atoms with E-state index in [1.807, 2.05) is 6.92 Å². The Bertz CT molecular complexity index is 357. The molecule has 0 amide bonds. The Kier molecular flexibility index (Phi) is 8.82. The van der Waals surface area contributed by atoms with E-state index in [0.29, 0.717) is 0 Å². The number of esters is 1. The zero-order valence-electron chi connectivity index (χ0n) is 15.4. The summed E-state index contributed by atoms with van der Waals surface area (Å²) in [4.78, 5) is 11.2. The van der Waals surface area contributed by atoms with Crippen molar-refractivity contribution in [2.45, 2.75) is 92.1 Å². The van der Waals surface area contributed by atoms with E-state index in [-0.39, 0.29) is 12.1 Å². The van der Waals surface area contributed by atoms with Crippen LogP contribution in [0.1, 0.15) is 86.0 Å².